The van der Waals surface area contributed by atoms with Crippen LogP contribution in [0.25, 0.3) is 20.9 Å². The van der Waals surface area contributed by atoms with Crippen LogP contribution >= 0.6 is 22.7 Å². The van der Waals surface area contributed by atoms with E-state index in [2.05, 4.69) is 21.4 Å². The van der Waals surface area contributed by atoms with E-state index in [0.29, 0.717) is 6.04 Å². The summed E-state index contributed by atoms with van der Waals surface area (Å²) in [4.78, 5) is 13.4. The fourth-order valence-electron chi connectivity index (χ4n) is 3.53. The number of aromatic nitrogens is 3. The topological polar surface area (TPSA) is 59.9 Å². The number of thiazole rings is 2. The molecule has 7 heteroatoms. The van der Waals surface area contributed by atoms with Crippen molar-refractivity contribution in [3.05, 3.63) is 48.1 Å². The Morgan fingerprint density at radius 1 is 0.964 bits per heavy atom. The predicted molar refractivity (Wildman–Crippen MR) is 116 cm³/mol. The molecule has 1 N–H and O–H groups in total. The lowest BCUT2D eigenvalue weighted by Crippen LogP contribution is -2.21. The zero-order valence-corrected chi connectivity index (χ0v) is 16.9. The van der Waals surface area contributed by atoms with Crippen LogP contribution in [-0.2, 0) is 0 Å². The van der Waals surface area contributed by atoms with Crippen molar-refractivity contribution in [3.8, 4) is 22.2 Å². The molecular weight excluding hydrogens is 388 g/mol. The third-order valence-corrected chi connectivity index (χ3v) is 6.66. The minimum atomic E-state index is 0.561. The molecule has 1 aliphatic rings. The molecule has 0 aliphatic heterocycles. The molecule has 142 valence electrons. The van der Waals surface area contributed by atoms with Crippen molar-refractivity contribution in [1.82, 2.24) is 15.0 Å². The van der Waals surface area contributed by atoms with Crippen molar-refractivity contribution in [2.75, 3.05) is 5.32 Å². The summed E-state index contributed by atoms with van der Waals surface area (Å²) in [7, 11) is 0. The fourth-order valence-corrected chi connectivity index (χ4v) is 5.11. The average molecular weight is 409 g/mol. The van der Waals surface area contributed by atoms with Gasteiger partial charge in [-0.1, -0.05) is 30.6 Å². The lowest BCUT2D eigenvalue weighted by Gasteiger charge is -2.22. The van der Waals surface area contributed by atoms with E-state index in [1.165, 1.54) is 32.1 Å². The van der Waals surface area contributed by atoms with Gasteiger partial charge >= 0.3 is 0 Å². The van der Waals surface area contributed by atoms with Crippen LogP contribution in [0.5, 0.6) is 11.5 Å². The van der Waals surface area contributed by atoms with E-state index in [0.717, 1.165) is 37.5 Å². The summed E-state index contributed by atoms with van der Waals surface area (Å²) < 4.78 is 7.21. The van der Waals surface area contributed by atoms with Crippen LogP contribution in [0.3, 0.4) is 0 Å². The summed E-state index contributed by atoms with van der Waals surface area (Å²) in [5, 5.41) is 7.46. The molecule has 0 unspecified atom stereocenters. The van der Waals surface area contributed by atoms with Crippen LogP contribution in [-0.4, -0.2) is 21.0 Å². The van der Waals surface area contributed by atoms with Crippen LogP contribution in [0.1, 0.15) is 32.1 Å². The molecular formula is C21H20N4OS2. The zero-order valence-electron chi connectivity index (χ0n) is 15.3. The highest BCUT2D eigenvalue weighted by Crippen LogP contribution is 2.33. The number of nitrogens with one attached hydrogen (secondary N) is 1. The van der Waals surface area contributed by atoms with Crippen molar-refractivity contribution in [2.24, 2.45) is 0 Å². The van der Waals surface area contributed by atoms with Gasteiger partial charge in [-0.3, -0.25) is 4.98 Å². The van der Waals surface area contributed by atoms with E-state index in [1.807, 2.05) is 29.6 Å². The van der Waals surface area contributed by atoms with E-state index in [1.54, 1.807) is 35.1 Å². The van der Waals surface area contributed by atoms with E-state index >= 15 is 0 Å². The van der Waals surface area contributed by atoms with E-state index in [4.69, 9.17) is 9.72 Å². The Morgan fingerprint density at radius 3 is 2.71 bits per heavy atom. The van der Waals surface area contributed by atoms with Gasteiger partial charge in [0.1, 0.15) is 22.2 Å². The van der Waals surface area contributed by atoms with Crippen molar-refractivity contribution in [1.29, 1.82) is 0 Å². The van der Waals surface area contributed by atoms with Gasteiger partial charge in [0.25, 0.3) is 0 Å². The number of fused-ring (bicyclic) bond motifs is 1. The molecule has 1 fully saturated rings. The van der Waals surface area contributed by atoms with Gasteiger partial charge < -0.3 is 10.1 Å². The van der Waals surface area contributed by atoms with Gasteiger partial charge in [0, 0.05) is 35.9 Å². The first kappa shape index (κ1) is 17.6. The first-order valence-corrected chi connectivity index (χ1v) is 11.2. The molecule has 0 bridgehead atoms. The maximum absolute atomic E-state index is 6.08. The number of pyridine rings is 1. The number of hydrogen-bond acceptors (Lipinski definition) is 7. The van der Waals surface area contributed by atoms with E-state index in [-0.39, 0.29) is 0 Å². The smallest absolute Gasteiger partial charge is 0.184 e. The third-order valence-electron chi connectivity index (χ3n) is 4.91. The normalized spacial score (nSPS) is 15.0. The molecule has 1 aromatic carbocycles. The first-order chi connectivity index (χ1) is 13.8. The number of rotatable bonds is 5. The third kappa shape index (κ3) is 3.86. The lowest BCUT2D eigenvalue weighted by molar-refractivity contribution is 0.462. The van der Waals surface area contributed by atoms with Gasteiger partial charge in [-0.05, 0) is 31.0 Å². The second kappa shape index (κ2) is 7.85. The summed E-state index contributed by atoms with van der Waals surface area (Å²) in [6, 6.07) is 10.4. The van der Waals surface area contributed by atoms with Gasteiger partial charge in [-0.2, -0.15) is 0 Å². The summed E-state index contributed by atoms with van der Waals surface area (Å²) in [5.41, 5.74) is 1.83. The van der Waals surface area contributed by atoms with Gasteiger partial charge in [-0.25, -0.2) is 9.97 Å². The molecule has 3 heterocycles. The molecule has 0 saturated heterocycles. The highest BCUT2D eigenvalue weighted by Gasteiger charge is 2.15. The van der Waals surface area contributed by atoms with Crippen molar-refractivity contribution in [3.63, 3.8) is 0 Å². The van der Waals surface area contributed by atoms with E-state index < -0.39 is 0 Å². The molecule has 5 nitrogen and oxygen atoms in total. The largest absolute Gasteiger partial charge is 0.457 e. The lowest BCUT2D eigenvalue weighted by atomic mass is 9.96. The Kier molecular flexibility index (Phi) is 4.93. The average Bonchev–Trinajstić information content (AvgIpc) is 3.38. The summed E-state index contributed by atoms with van der Waals surface area (Å²) in [6.45, 7) is 0. The first-order valence-electron chi connectivity index (χ1n) is 9.54. The van der Waals surface area contributed by atoms with Crippen LogP contribution in [0.15, 0.2) is 48.1 Å². The Hall–Kier alpha value is -2.51. The summed E-state index contributed by atoms with van der Waals surface area (Å²) >= 11 is 3.26. The molecule has 5 rings (SSSR count). The molecule has 4 aromatic rings. The minimum absolute atomic E-state index is 0.561. The highest BCUT2D eigenvalue weighted by molar-refractivity contribution is 7.22. The molecule has 1 saturated carbocycles. The SMILES string of the molecule is c1cc(Oc2ccc3nc(NC4CCCCC4)sc3c2)cc(-c2nccs2)n1. The standard InChI is InChI=1S/C21H20N4OS2/c1-2-4-14(5-3-1)24-21-25-17-7-6-15(13-19(17)28-21)26-16-8-9-22-18(12-16)20-23-10-11-27-20/h6-14H,1-5H2,(H,24,25). The molecule has 0 spiro atoms. The minimum Gasteiger partial charge on any atom is -0.457 e. The number of anilines is 1. The summed E-state index contributed by atoms with van der Waals surface area (Å²) in [5.74, 6) is 1.56. The Morgan fingerprint density at radius 2 is 1.86 bits per heavy atom. The number of ether oxygens (including phenoxy) is 1. The second-order valence-electron chi connectivity index (χ2n) is 6.94. The molecule has 1 aliphatic carbocycles. The molecule has 0 atom stereocenters. The molecule has 28 heavy (non-hydrogen) atoms. The van der Waals surface area contributed by atoms with Crippen LogP contribution in [0.2, 0.25) is 0 Å². The monoisotopic (exact) mass is 408 g/mol. The maximum Gasteiger partial charge on any atom is 0.184 e. The summed E-state index contributed by atoms with van der Waals surface area (Å²) in [6.07, 6.45) is 10.0. The quantitative estimate of drug-likeness (QED) is 0.417. The Bertz CT molecular complexity index is 1070. The van der Waals surface area contributed by atoms with Gasteiger partial charge in [0.15, 0.2) is 5.13 Å². The molecule has 0 radical (unpaired) electrons. The van der Waals surface area contributed by atoms with E-state index in [9.17, 15) is 0 Å². The fraction of sp³-hybridized carbons (Fsp3) is 0.286. The van der Waals surface area contributed by atoms with Gasteiger partial charge in [0.05, 0.1) is 10.2 Å². The number of hydrogen-bond donors (Lipinski definition) is 1. The van der Waals surface area contributed by atoms with Crippen LogP contribution < -0.4 is 10.1 Å². The Balaban J connectivity index is 1.34. The van der Waals surface area contributed by atoms with Crippen molar-refractivity contribution in [2.45, 2.75) is 38.1 Å². The van der Waals surface area contributed by atoms with Crippen molar-refractivity contribution < 1.29 is 4.74 Å². The van der Waals surface area contributed by atoms with Gasteiger partial charge in [-0.15, -0.1) is 11.3 Å². The predicted octanol–water partition coefficient (Wildman–Crippen LogP) is 6.35. The second-order valence-corrected chi connectivity index (χ2v) is 8.87. The molecule has 0 amide bonds. The zero-order chi connectivity index (χ0) is 18.8. The Labute approximate surface area is 171 Å². The number of nitrogens with zero attached hydrogens (tertiary/aromatic N) is 3. The van der Waals surface area contributed by atoms with Crippen LogP contribution in [0.4, 0.5) is 5.13 Å². The molecule has 3 aromatic heterocycles. The van der Waals surface area contributed by atoms with Gasteiger partial charge in [0.2, 0.25) is 0 Å². The van der Waals surface area contributed by atoms with Crippen molar-refractivity contribution >= 4 is 38.0 Å². The van der Waals surface area contributed by atoms with Crippen LogP contribution in [0, 0.1) is 0 Å². The number of benzene rings is 1. The highest BCUT2D eigenvalue weighted by atomic mass is 32.1. The maximum atomic E-state index is 6.08.